The lowest BCUT2D eigenvalue weighted by atomic mass is 9.84. The van der Waals surface area contributed by atoms with Crippen LogP contribution < -0.4 is 0 Å². The van der Waals surface area contributed by atoms with Crippen LogP contribution in [-0.2, 0) is 36.4 Å². The van der Waals surface area contributed by atoms with Gasteiger partial charge in [0.05, 0.1) is 22.4 Å². The fourth-order valence-corrected chi connectivity index (χ4v) is 5.08. The first-order valence-electron chi connectivity index (χ1n) is 10.5. The first-order chi connectivity index (χ1) is 16.0. The molecule has 1 saturated heterocycles. The molecule has 3 aliphatic heterocycles. The van der Waals surface area contributed by atoms with E-state index in [0.29, 0.717) is 24.9 Å². The van der Waals surface area contributed by atoms with Gasteiger partial charge < -0.3 is 14.4 Å². The van der Waals surface area contributed by atoms with Crippen LogP contribution in [0.2, 0.25) is 10.0 Å². The minimum atomic E-state index is -3.04. The standard InChI is InChI=1S/C20H17Cl2FN2O2.C3H6O3S/c1-25-9-20(10-25)14-3-2-11(4-13(14)8-26-20)17-7-18(27-24-17)12-5-15(21)19(23)16(22)6-12;1-7(5,6)3-2-4/h2-6,18H,7-10H2,1H3;2H,3H2,1H3. The smallest absolute Gasteiger partial charge is 0.160 e. The highest BCUT2D eigenvalue weighted by molar-refractivity contribution is 7.91. The molecule has 3 aliphatic rings. The molecule has 0 amide bonds. The number of hydrogen-bond donors (Lipinski definition) is 0. The normalized spacial score (nSPS) is 20.6. The summed E-state index contributed by atoms with van der Waals surface area (Å²) in [7, 11) is -0.945. The van der Waals surface area contributed by atoms with E-state index in [2.05, 4.69) is 35.3 Å². The number of sulfone groups is 1. The first-order valence-corrected chi connectivity index (χ1v) is 13.3. The highest BCUT2D eigenvalue weighted by Crippen LogP contribution is 2.43. The van der Waals surface area contributed by atoms with E-state index < -0.39 is 15.7 Å². The maximum absolute atomic E-state index is 13.6. The van der Waals surface area contributed by atoms with Gasteiger partial charge in [-0.15, -0.1) is 0 Å². The maximum atomic E-state index is 13.6. The van der Waals surface area contributed by atoms with Crippen molar-refractivity contribution in [3.05, 3.63) is 68.4 Å². The summed E-state index contributed by atoms with van der Waals surface area (Å²) < 4.78 is 39.7. The lowest BCUT2D eigenvalue weighted by Crippen LogP contribution is -2.57. The minimum Gasteiger partial charge on any atom is -0.387 e. The van der Waals surface area contributed by atoms with E-state index in [1.165, 1.54) is 11.1 Å². The van der Waals surface area contributed by atoms with Crippen molar-refractivity contribution in [3.63, 3.8) is 0 Å². The zero-order valence-electron chi connectivity index (χ0n) is 18.6. The van der Waals surface area contributed by atoms with Crippen molar-refractivity contribution in [1.82, 2.24) is 4.90 Å². The number of fused-ring (bicyclic) bond motifs is 2. The van der Waals surface area contributed by atoms with Crippen molar-refractivity contribution >= 4 is 45.0 Å². The average molecular weight is 529 g/mol. The number of likely N-dealkylation sites (N-methyl/N-ethyl adjacent to an activating group) is 1. The molecule has 2 aromatic rings. The fraction of sp³-hybridized carbons (Fsp3) is 0.391. The number of carbonyl (C=O) groups excluding carboxylic acids is 1. The van der Waals surface area contributed by atoms with E-state index in [9.17, 15) is 17.6 Å². The molecule has 0 bridgehead atoms. The van der Waals surface area contributed by atoms with Crippen molar-refractivity contribution in [2.75, 3.05) is 32.1 Å². The van der Waals surface area contributed by atoms with E-state index in [4.69, 9.17) is 32.8 Å². The molecule has 11 heteroatoms. The Hall–Kier alpha value is -2.04. The number of halogens is 3. The van der Waals surface area contributed by atoms with Gasteiger partial charge >= 0.3 is 0 Å². The quantitative estimate of drug-likeness (QED) is 0.442. The van der Waals surface area contributed by atoms with Gasteiger partial charge in [0.25, 0.3) is 0 Å². The number of benzene rings is 2. The molecule has 1 unspecified atom stereocenters. The Labute approximate surface area is 207 Å². The van der Waals surface area contributed by atoms with Gasteiger partial charge in [0, 0.05) is 25.8 Å². The van der Waals surface area contributed by atoms with Crippen molar-refractivity contribution in [2.45, 2.75) is 24.7 Å². The Balaban J connectivity index is 0.000000344. The molecule has 182 valence electrons. The molecule has 7 nitrogen and oxygen atoms in total. The summed E-state index contributed by atoms with van der Waals surface area (Å²) in [6.45, 7) is 2.48. The monoisotopic (exact) mass is 528 g/mol. The molecule has 1 spiro atoms. The highest BCUT2D eigenvalue weighted by Gasteiger charge is 2.48. The van der Waals surface area contributed by atoms with Gasteiger partial charge in [0.2, 0.25) is 0 Å². The molecule has 0 radical (unpaired) electrons. The molecule has 5 rings (SSSR count). The molecule has 34 heavy (non-hydrogen) atoms. The lowest BCUT2D eigenvalue weighted by molar-refractivity contribution is -0.132. The number of hydrogen-bond acceptors (Lipinski definition) is 7. The van der Waals surface area contributed by atoms with Crippen LogP contribution in [-0.4, -0.2) is 57.5 Å². The van der Waals surface area contributed by atoms with E-state index in [0.717, 1.165) is 30.6 Å². The topological polar surface area (TPSA) is 85.3 Å². The van der Waals surface area contributed by atoms with E-state index in [-0.39, 0.29) is 27.5 Å². The highest BCUT2D eigenvalue weighted by atomic mass is 35.5. The SMILES string of the molecule is CN1CC2(C1)OCc1cc(C3=NOC(c4cc(Cl)c(F)c(Cl)c4)C3)ccc12.CS(=O)(=O)CC=O. The van der Waals surface area contributed by atoms with Crippen LogP contribution in [0.4, 0.5) is 4.39 Å². The number of likely N-dealkylation sites (tertiary alicyclic amines) is 1. The summed E-state index contributed by atoms with van der Waals surface area (Å²) in [4.78, 5) is 17.3. The molecular weight excluding hydrogens is 506 g/mol. The van der Waals surface area contributed by atoms with Gasteiger partial charge in [0.15, 0.2) is 21.8 Å². The Morgan fingerprint density at radius 3 is 2.47 bits per heavy atom. The largest absolute Gasteiger partial charge is 0.387 e. The molecule has 1 fully saturated rings. The maximum Gasteiger partial charge on any atom is 0.160 e. The van der Waals surface area contributed by atoms with E-state index in [1.807, 2.05) is 0 Å². The van der Waals surface area contributed by atoms with Crippen LogP contribution in [0.15, 0.2) is 35.5 Å². The number of carbonyl (C=O) groups is 1. The summed E-state index contributed by atoms with van der Waals surface area (Å²) in [6.07, 6.45) is 1.63. The third kappa shape index (κ3) is 5.13. The number of aldehydes is 1. The average Bonchev–Trinajstić information content (AvgIpc) is 3.37. The second kappa shape index (κ2) is 9.54. The van der Waals surface area contributed by atoms with Crippen molar-refractivity contribution in [3.8, 4) is 0 Å². The van der Waals surface area contributed by atoms with Crippen LogP contribution in [0, 0.1) is 5.82 Å². The Morgan fingerprint density at radius 2 is 1.91 bits per heavy atom. The summed E-state index contributed by atoms with van der Waals surface area (Å²) >= 11 is 11.8. The van der Waals surface area contributed by atoms with Crippen LogP contribution in [0.1, 0.15) is 34.8 Å². The third-order valence-corrected chi connectivity index (χ3v) is 7.19. The van der Waals surface area contributed by atoms with Crippen molar-refractivity contribution in [2.24, 2.45) is 5.16 Å². The zero-order chi connectivity index (χ0) is 24.7. The molecule has 3 heterocycles. The summed E-state index contributed by atoms with van der Waals surface area (Å²) in [5, 5.41) is 4.21. The van der Waals surface area contributed by atoms with Gasteiger partial charge in [-0.25, -0.2) is 12.8 Å². The number of nitrogens with zero attached hydrogens (tertiary/aromatic N) is 2. The first kappa shape index (κ1) is 25.1. The van der Waals surface area contributed by atoms with Gasteiger partial charge in [-0.3, -0.25) is 4.90 Å². The molecule has 0 aromatic heterocycles. The van der Waals surface area contributed by atoms with Crippen LogP contribution in [0.3, 0.4) is 0 Å². The van der Waals surface area contributed by atoms with Gasteiger partial charge in [-0.2, -0.15) is 0 Å². The Kier molecular flexibility index (Phi) is 7.04. The number of rotatable bonds is 4. The molecule has 2 aromatic carbocycles. The van der Waals surface area contributed by atoms with Gasteiger partial charge in [0.1, 0.15) is 17.6 Å². The summed E-state index contributed by atoms with van der Waals surface area (Å²) in [5.74, 6) is -0.983. The van der Waals surface area contributed by atoms with Crippen molar-refractivity contribution in [1.29, 1.82) is 0 Å². The zero-order valence-corrected chi connectivity index (χ0v) is 20.9. The summed E-state index contributed by atoms with van der Waals surface area (Å²) in [6, 6.07) is 9.44. The second-order valence-electron chi connectivity index (χ2n) is 8.72. The van der Waals surface area contributed by atoms with Crippen molar-refractivity contribution < 1.29 is 27.2 Å². The molecule has 0 aliphatic carbocycles. The van der Waals surface area contributed by atoms with Gasteiger partial charge in [-0.1, -0.05) is 40.5 Å². The third-order valence-electron chi connectivity index (χ3n) is 5.90. The molecular formula is C23H23Cl2FN2O5S. The van der Waals surface area contributed by atoms with E-state index >= 15 is 0 Å². The predicted octanol–water partition coefficient (Wildman–Crippen LogP) is 3.90. The Morgan fingerprint density at radius 1 is 1.24 bits per heavy atom. The summed E-state index contributed by atoms with van der Waals surface area (Å²) in [5.41, 5.74) is 4.93. The number of oxime groups is 1. The fourth-order valence-electron chi connectivity index (χ4n) is 4.33. The van der Waals surface area contributed by atoms with Gasteiger partial charge in [-0.05, 0) is 47.5 Å². The van der Waals surface area contributed by atoms with Crippen LogP contribution in [0.5, 0.6) is 0 Å². The Bertz CT molecular complexity index is 1240. The van der Waals surface area contributed by atoms with Crippen LogP contribution in [0.25, 0.3) is 0 Å². The lowest BCUT2D eigenvalue weighted by Gasteiger charge is -2.45. The number of ether oxygens (including phenoxy) is 1. The minimum absolute atomic E-state index is 0.0139. The van der Waals surface area contributed by atoms with E-state index in [1.54, 1.807) is 12.1 Å². The molecule has 0 N–H and O–H groups in total. The molecule has 1 atom stereocenters. The predicted molar refractivity (Wildman–Crippen MR) is 128 cm³/mol. The molecule has 0 saturated carbocycles. The van der Waals surface area contributed by atoms with Crippen LogP contribution >= 0.6 is 23.2 Å². The second-order valence-corrected chi connectivity index (χ2v) is 11.7.